The second-order valence-corrected chi connectivity index (χ2v) is 5.26. The van der Waals surface area contributed by atoms with E-state index in [9.17, 15) is 4.79 Å². The monoisotopic (exact) mass is 275 g/mol. The summed E-state index contributed by atoms with van der Waals surface area (Å²) in [6, 6.07) is 4.44. The van der Waals surface area contributed by atoms with Crippen molar-refractivity contribution in [1.29, 1.82) is 0 Å². The summed E-state index contributed by atoms with van der Waals surface area (Å²) in [5, 5.41) is 3.33. The molecular weight excluding hydrogens is 250 g/mol. The van der Waals surface area contributed by atoms with Crippen LogP contribution >= 0.6 is 0 Å². The van der Waals surface area contributed by atoms with Gasteiger partial charge in [0.05, 0.1) is 13.5 Å². The molecule has 1 unspecified atom stereocenters. The third-order valence-corrected chi connectivity index (χ3v) is 3.48. The number of carbonyl (C=O) groups is 1. The van der Waals surface area contributed by atoms with Crippen molar-refractivity contribution in [2.45, 2.75) is 39.7 Å². The summed E-state index contributed by atoms with van der Waals surface area (Å²) >= 11 is 0. The van der Waals surface area contributed by atoms with E-state index < -0.39 is 0 Å². The van der Waals surface area contributed by atoms with Crippen LogP contribution in [-0.2, 0) is 16.0 Å². The van der Waals surface area contributed by atoms with Gasteiger partial charge in [-0.1, -0.05) is 23.8 Å². The zero-order chi connectivity index (χ0) is 15.1. The highest BCUT2D eigenvalue weighted by Crippen LogP contribution is 2.19. The molecule has 20 heavy (non-hydrogen) atoms. The molecule has 3 heteroatoms. The first kappa shape index (κ1) is 16.4. The quantitative estimate of drug-likeness (QED) is 0.614. The lowest BCUT2D eigenvalue weighted by Gasteiger charge is -2.20. The highest BCUT2D eigenvalue weighted by Gasteiger charge is 2.16. The van der Waals surface area contributed by atoms with E-state index in [1.165, 1.54) is 29.4 Å². The molecule has 1 aromatic rings. The number of benzene rings is 1. The Morgan fingerprint density at radius 1 is 1.35 bits per heavy atom. The molecule has 0 fully saturated rings. The highest BCUT2D eigenvalue weighted by atomic mass is 16.5. The summed E-state index contributed by atoms with van der Waals surface area (Å²) in [7, 11) is 1.43. The van der Waals surface area contributed by atoms with Crippen molar-refractivity contribution in [3.63, 3.8) is 0 Å². The van der Waals surface area contributed by atoms with E-state index in [-0.39, 0.29) is 12.0 Å². The molecule has 1 atom stereocenters. The molecule has 1 aromatic carbocycles. The van der Waals surface area contributed by atoms with Gasteiger partial charge in [0.1, 0.15) is 0 Å². The molecule has 0 aliphatic heterocycles. The third-order valence-electron chi connectivity index (χ3n) is 3.48. The maximum Gasteiger partial charge on any atom is 0.307 e. The molecule has 0 heterocycles. The number of ether oxygens (including phenoxy) is 1. The van der Waals surface area contributed by atoms with Crippen LogP contribution < -0.4 is 5.32 Å². The second kappa shape index (κ2) is 7.85. The van der Waals surface area contributed by atoms with E-state index in [4.69, 9.17) is 4.74 Å². The van der Waals surface area contributed by atoms with Crippen molar-refractivity contribution in [3.05, 3.63) is 47.0 Å². The van der Waals surface area contributed by atoms with E-state index in [0.717, 1.165) is 6.42 Å². The summed E-state index contributed by atoms with van der Waals surface area (Å²) in [6.07, 6.45) is 3.00. The molecule has 0 radical (unpaired) electrons. The predicted molar refractivity (Wildman–Crippen MR) is 83.0 cm³/mol. The van der Waals surface area contributed by atoms with Gasteiger partial charge >= 0.3 is 5.97 Å². The van der Waals surface area contributed by atoms with Gasteiger partial charge in [0.25, 0.3) is 0 Å². The minimum Gasteiger partial charge on any atom is -0.469 e. The Bertz CT molecular complexity index is 457. The lowest BCUT2D eigenvalue weighted by atomic mass is 9.93. The van der Waals surface area contributed by atoms with Crippen LogP contribution in [0.15, 0.2) is 24.8 Å². The average Bonchev–Trinajstić information content (AvgIpc) is 2.39. The molecule has 0 saturated heterocycles. The van der Waals surface area contributed by atoms with Crippen molar-refractivity contribution >= 4 is 5.97 Å². The predicted octanol–water partition coefficient (Wildman–Crippen LogP) is 2.86. The van der Waals surface area contributed by atoms with Gasteiger partial charge in [-0.3, -0.25) is 4.79 Å². The van der Waals surface area contributed by atoms with Gasteiger partial charge in [-0.2, -0.15) is 0 Å². The van der Waals surface area contributed by atoms with Crippen molar-refractivity contribution in [3.8, 4) is 0 Å². The number of nitrogens with one attached hydrogen (secondary N) is 1. The van der Waals surface area contributed by atoms with Gasteiger partial charge in [-0.25, -0.2) is 0 Å². The lowest BCUT2D eigenvalue weighted by molar-refractivity contribution is -0.141. The molecule has 110 valence electrons. The summed E-state index contributed by atoms with van der Waals surface area (Å²) in [4.78, 5) is 11.5. The molecular formula is C17H25NO2. The van der Waals surface area contributed by atoms with Gasteiger partial charge in [-0.15, -0.1) is 6.58 Å². The van der Waals surface area contributed by atoms with Gasteiger partial charge in [0.15, 0.2) is 0 Å². The standard InChI is InChI=1S/C17H25NO2/c1-6-7-18-15(11-17(19)20-5)10-16-13(3)8-12(2)9-14(16)4/h6,8-9,15,18H,1,7,10-11H2,2-5H3. The van der Waals surface area contributed by atoms with E-state index in [1.807, 2.05) is 0 Å². The number of carbonyl (C=O) groups excluding carboxylic acids is 1. The fraction of sp³-hybridized carbons (Fsp3) is 0.471. The average molecular weight is 275 g/mol. The first-order valence-electron chi connectivity index (χ1n) is 6.95. The van der Waals surface area contributed by atoms with Crippen LogP contribution in [0.5, 0.6) is 0 Å². The van der Waals surface area contributed by atoms with Crippen LogP contribution in [0.1, 0.15) is 28.7 Å². The first-order valence-corrected chi connectivity index (χ1v) is 6.95. The Morgan fingerprint density at radius 3 is 2.45 bits per heavy atom. The lowest BCUT2D eigenvalue weighted by Crippen LogP contribution is -2.34. The minimum atomic E-state index is -0.186. The summed E-state index contributed by atoms with van der Waals surface area (Å²) < 4.78 is 4.77. The summed E-state index contributed by atoms with van der Waals surface area (Å²) in [5.41, 5.74) is 5.13. The van der Waals surface area contributed by atoms with Crippen LogP contribution in [0.3, 0.4) is 0 Å². The summed E-state index contributed by atoms with van der Waals surface area (Å²) in [5.74, 6) is -0.186. The van der Waals surface area contributed by atoms with Gasteiger partial charge in [0, 0.05) is 12.6 Å². The smallest absolute Gasteiger partial charge is 0.307 e. The van der Waals surface area contributed by atoms with E-state index >= 15 is 0 Å². The van der Waals surface area contributed by atoms with Crippen molar-refractivity contribution < 1.29 is 9.53 Å². The minimum absolute atomic E-state index is 0.0700. The van der Waals surface area contributed by atoms with Gasteiger partial charge < -0.3 is 10.1 Å². The zero-order valence-electron chi connectivity index (χ0n) is 13.0. The first-order chi connectivity index (χ1) is 9.47. The molecule has 0 amide bonds. The van der Waals surface area contributed by atoms with Crippen LogP contribution in [0.2, 0.25) is 0 Å². The Labute approximate surface area is 122 Å². The number of rotatable bonds is 7. The van der Waals surface area contributed by atoms with Gasteiger partial charge in [-0.05, 0) is 43.9 Å². The van der Waals surface area contributed by atoms with E-state index in [2.05, 4.69) is 44.8 Å². The number of esters is 1. The van der Waals surface area contributed by atoms with Gasteiger partial charge in [0.2, 0.25) is 0 Å². The fourth-order valence-electron chi connectivity index (χ4n) is 2.53. The molecule has 0 aliphatic carbocycles. The van der Waals surface area contributed by atoms with Crippen LogP contribution in [-0.4, -0.2) is 25.7 Å². The van der Waals surface area contributed by atoms with Crippen LogP contribution in [0, 0.1) is 20.8 Å². The molecule has 3 nitrogen and oxygen atoms in total. The molecule has 0 bridgehead atoms. The van der Waals surface area contributed by atoms with Crippen LogP contribution in [0.4, 0.5) is 0 Å². The topological polar surface area (TPSA) is 38.3 Å². The second-order valence-electron chi connectivity index (χ2n) is 5.26. The van der Waals surface area contributed by atoms with E-state index in [1.54, 1.807) is 6.08 Å². The third kappa shape index (κ3) is 4.82. The molecule has 0 saturated carbocycles. The van der Waals surface area contributed by atoms with E-state index in [0.29, 0.717) is 13.0 Å². The number of aryl methyl sites for hydroxylation is 3. The molecule has 1 rings (SSSR count). The molecule has 0 aromatic heterocycles. The number of hydrogen-bond acceptors (Lipinski definition) is 3. The van der Waals surface area contributed by atoms with Crippen molar-refractivity contribution in [2.75, 3.05) is 13.7 Å². The maximum absolute atomic E-state index is 11.5. The highest BCUT2D eigenvalue weighted by molar-refractivity contribution is 5.70. The Hall–Kier alpha value is -1.61. The normalized spacial score (nSPS) is 12.0. The Balaban J connectivity index is 2.88. The Kier molecular flexibility index (Phi) is 6.46. The van der Waals surface area contributed by atoms with Crippen LogP contribution in [0.25, 0.3) is 0 Å². The largest absolute Gasteiger partial charge is 0.469 e. The molecule has 0 spiro atoms. The number of methoxy groups -OCH3 is 1. The molecule has 1 N–H and O–H groups in total. The molecule has 0 aliphatic rings. The zero-order valence-corrected chi connectivity index (χ0v) is 13.0. The number of hydrogen-bond donors (Lipinski definition) is 1. The fourth-order valence-corrected chi connectivity index (χ4v) is 2.53. The Morgan fingerprint density at radius 2 is 1.95 bits per heavy atom. The van der Waals surface area contributed by atoms with Crippen molar-refractivity contribution in [2.24, 2.45) is 0 Å². The SMILES string of the molecule is C=CCNC(CC(=O)OC)Cc1c(C)cc(C)cc1C. The van der Waals surface area contributed by atoms with Crippen molar-refractivity contribution in [1.82, 2.24) is 5.32 Å². The summed E-state index contributed by atoms with van der Waals surface area (Å²) in [6.45, 7) is 10.7. The maximum atomic E-state index is 11.5.